The van der Waals surface area contributed by atoms with Crippen molar-refractivity contribution in [2.75, 3.05) is 20.1 Å². The number of rotatable bonds is 10. The number of hydrogen-bond acceptors (Lipinski definition) is 5. The minimum Gasteiger partial charge on any atom is -0.486 e. The smallest absolute Gasteiger partial charge is 0.317 e. The number of hydrogen-bond donors (Lipinski definition) is 1. The summed E-state index contributed by atoms with van der Waals surface area (Å²) in [5.74, 6) is -0.996. The van der Waals surface area contributed by atoms with Crippen molar-refractivity contribution in [1.29, 1.82) is 0 Å². The molecule has 0 aliphatic carbocycles. The molecule has 2 aromatic carbocycles. The molecule has 7 heteroatoms. The molecule has 1 atom stereocenters. The average molecular weight is 436 g/mol. The molecule has 1 heterocycles. The number of pyridine rings is 1. The molecule has 0 spiro atoms. The summed E-state index contributed by atoms with van der Waals surface area (Å²) in [4.78, 5) is 29.6. The molecule has 3 aromatic rings. The van der Waals surface area contributed by atoms with Gasteiger partial charge < -0.3 is 9.84 Å². The Labute approximate surface area is 186 Å². The van der Waals surface area contributed by atoms with Crippen LogP contribution in [0.3, 0.4) is 0 Å². The zero-order valence-electron chi connectivity index (χ0n) is 18.0. The van der Waals surface area contributed by atoms with E-state index in [1.54, 1.807) is 60.6 Å². The summed E-state index contributed by atoms with van der Waals surface area (Å²) in [6, 6.07) is 16.3. The topological polar surface area (TPSA) is 79.7 Å². The van der Waals surface area contributed by atoms with E-state index in [1.807, 2.05) is 13.0 Å². The number of aromatic nitrogens is 1. The molecule has 3 rings (SSSR count). The normalized spacial score (nSPS) is 11.9. The van der Waals surface area contributed by atoms with Gasteiger partial charge in [0, 0.05) is 24.7 Å². The highest BCUT2D eigenvalue weighted by Crippen LogP contribution is 2.26. The number of nitrogens with zero attached hydrogens (tertiary/aromatic N) is 2. The predicted molar refractivity (Wildman–Crippen MR) is 118 cm³/mol. The molecule has 0 radical (unpaired) electrons. The fourth-order valence-electron chi connectivity index (χ4n) is 3.24. The maximum atomic E-state index is 13.4. The molecular formula is C25H25FN2O4. The number of aliphatic carboxylic acids is 1. The van der Waals surface area contributed by atoms with Gasteiger partial charge in [-0.15, -0.1) is 0 Å². The maximum Gasteiger partial charge on any atom is 0.317 e. The first kappa shape index (κ1) is 23.1. The summed E-state index contributed by atoms with van der Waals surface area (Å²) in [6.45, 7) is 2.27. The third kappa shape index (κ3) is 6.46. The van der Waals surface area contributed by atoms with Gasteiger partial charge in [0.1, 0.15) is 23.4 Å². The van der Waals surface area contributed by atoms with E-state index in [9.17, 15) is 14.0 Å². The van der Waals surface area contributed by atoms with Gasteiger partial charge in [0.2, 0.25) is 5.78 Å². The maximum absolute atomic E-state index is 13.4. The Balaban J connectivity index is 1.79. The van der Waals surface area contributed by atoms with Gasteiger partial charge >= 0.3 is 5.97 Å². The second kappa shape index (κ2) is 10.6. The fourth-order valence-corrected chi connectivity index (χ4v) is 3.24. The summed E-state index contributed by atoms with van der Waals surface area (Å²) < 4.78 is 19.6. The zero-order valence-corrected chi connectivity index (χ0v) is 18.0. The molecule has 0 saturated carbocycles. The highest BCUT2D eigenvalue weighted by Gasteiger charge is 2.17. The van der Waals surface area contributed by atoms with Crippen LogP contribution in [0.2, 0.25) is 0 Å². The Morgan fingerprint density at radius 2 is 1.88 bits per heavy atom. The van der Waals surface area contributed by atoms with Crippen LogP contribution in [0.25, 0.3) is 0 Å². The number of carbonyl (C=O) groups excluding carboxylic acids is 1. The monoisotopic (exact) mass is 436 g/mol. The molecule has 0 bridgehead atoms. The average Bonchev–Trinajstić information content (AvgIpc) is 2.77. The van der Waals surface area contributed by atoms with Crippen molar-refractivity contribution in [1.82, 2.24) is 9.88 Å². The highest BCUT2D eigenvalue weighted by molar-refractivity contribution is 6.07. The van der Waals surface area contributed by atoms with Gasteiger partial charge in [-0.2, -0.15) is 0 Å². The molecule has 0 aliphatic heterocycles. The number of carboxylic acid groups (broad SMARTS) is 1. The summed E-state index contributed by atoms with van der Waals surface area (Å²) in [5, 5.41) is 8.97. The Kier molecular flexibility index (Phi) is 7.68. The predicted octanol–water partition coefficient (Wildman–Crippen LogP) is 4.29. The van der Waals surface area contributed by atoms with Crippen LogP contribution in [-0.4, -0.2) is 46.9 Å². The van der Waals surface area contributed by atoms with Crippen LogP contribution in [0.1, 0.15) is 39.7 Å². The lowest BCUT2D eigenvalue weighted by Gasteiger charge is -2.23. The van der Waals surface area contributed by atoms with Crippen molar-refractivity contribution in [3.05, 3.63) is 95.1 Å². The molecule has 1 unspecified atom stereocenters. The first-order valence-corrected chi connectivity index (χ1v) is 10.2. The second-order valence-electron chi connectivity index (χ2n) is 7.66. The van der Waals surface area contributed by atoms with Crippen LogP contribution in [-0.2, 0) is 4.79 Å². The standard InChI is InChI=1S/C25H25FN2O4/c1-17-6-11-22(27-15-17)25(31)19-4-3-5-21(14-19)32-23(12-13-28(2)16-24(29)30)18-7-9-20(26)10-8-18/h3-11,14-15,23H,12-13,16H2,1-2H3,(H,29,30). The number of ether oxygens (including phenoxy) is 1. The van der Waals surface area contributed by atoms with E-state index in [2.05, 4.69) is 4.98 Å². The third-order valence-corrected chi connectivity index (χ3v) is 4.94. The molecule has 0 fully saturated rings. The molecule has 1 N–H and O–H groups in total. The lowest BCUT2D eigenvalue weighted by molar-refractivity contribution is -0.138. The Bertz CT molecular complexity index is 1070. The number of halogens is 1. The molecule has 0 saturated heterocycles. The quantitative estimate of drug-likeness (QED) is 0.478. The van der Waals surface area contributed by atoms with E-state index < -0.39 is 12.1 Å². The lowest BCUT2D eigenvalue weighted by atomic mass is 10.0. The zero-order chi connectivity index (χ0) is 23.1. The van der Waals surface area contributed by atoms with Crippen LogP contribution in [0.5, 0.6) is 5.75 Å². The molecule has 0 aliphatic rings. The van der Waals surface area contributed by atoms with Crippen molar-refractivity contribution in [3.63, 3.8) is 0 Å². The van der Waals surface area contributed by atoms with Crippen LogP contribution in [0.4, 0.5) is 4.39 Å². The van der Waals surface area contributed by atoms with Gasteiger partial charge in [-0.1, -0.05) is 30.3 Å². The van der Waals surface area contributed by atoms with Gasteiger partial charge in [-0.25, -0.2) is 4.39 Å². The highest BCUT2D eigenvalue weighted by atomic mass is 19.1. The Morgan fingerprint density at radius 1 is 1.12 bits per heavy atom. The van der Waals surface area contributed by atoms with Gasteiger partial charge in [-0.05, 0) is 55.4 Å². The molecule has 1 aromatic heterocycles. The van der Waals surface area contributed by atoms with E-state index in [0.717, 1.165) is 11.1 Å². The number of ketones is 1. The molecule has 166 valence electrons. The fraction of sp³-hybridized carbons (Fsp3) is 0.240. The van der Waals surface area contributed by atoms with Crippen molar-refractivity contribution >= 4 is 11.8 Å². The Morgan fingerprint density at radius 3 is 2.53 bits per heavy atom. The number of carboxylic acids is 1. The molecular weight excluding hydrogens is 411 g/mol. The van der Waals surface area contributed by atoms with E-state index in [1.165, 1.54) is 12.1 Å². The van der Waals surface area contributed by atoms with Crippen molar-refractivity contribution in [3.8, 4) is 5.75 Å². The van der Waals surface area contributed by atoms with E-state index in [4.69, 9.17) is 9.84 Å². The molecule has 6 nitrogen and oxygen atoms in total. The van der Waals surface area contributed by atoms with E-state index in [-0.39, 0.29) is 18.1 Å². The van der Waals surface area contributed by atoms with Crippen molar-refractivity contribution in [2.45, 2.75) is 19.4 Å². The largest absolute Gasteiger partial charge is 0.486 e. The summed E-state index contributed by atoms with van der Waals surface area (Å²) in [7, 11) is 1.71. The summed E-state index contributed by atoms with van der Waals surface area (Å²) >= 11 is 0. The lowest BCUT2D eigenvalue weighted by Crippen LogP contribution is -2.28. The SMILES string of the molecule is Cc1ccc(C(=O)c2cccc(OC(CCN(C)CC(=O)O)c3ccc(F)cc3)c2)nc1. The minimum atomic E-state index is -0.914. The van der Waals surface area contributed by atoms with E-state index >= 15 is 0 Å². The van der Waals surface area contributed by atoms with Gasteiger partial charge in [-0.3, -0.25) is 19.5 Å². The van der Waals surface area contributed by atoms with Crippen LogP contribution in [0.15, 0.2) is 66.9 Å². The summed E-state index contributed by atoms with van der Waals surface area (Å²) in [5.41, 5.74) is 2.51. The first-order valence-electron chi connectivity index (χ1n) is 10.2. The van der Waals surface area contributed by atoms with Crippen molar-refractivity contribution < 1.29 is 23.8 Å². The number of carbonyl (C=O) groups is 2. The van der Waals surface area contributed by atoms with Gasteiger partial charge in [0.15, 0.2) is 0 Å². The second-order valence-corrected chi connectivity index (χ2v) is 7.66. The van der Waals surface area contributed by atoms with Crippen LogP contribution in [0, 0.1) is 12.7 Å². The van der Waals surface area contributed by atoms with Crippen LogP contribution < -0.4 is 4.74 Å². The first-order chi connectivity index (χ1) is 15.3. The van der Waals surface area contributed by atoms with Gasteiger partial charge in [0.05, 0.1) is 6.54 Å². The number of likely N-dealkylation sites (N-methyl/N-ethyl adjacent to an activating group) is 1. The number of benzene rings is 2. The summed E-state index contributed by atoms with van der Waals surface area (Å²) in [6.07, 6.45) is 1.67. The van der Waals surface area contributed by atoms with Crippen molar-refractivity contribution in [2.24, 2.45) is 0 Å². The Hall–Kier alpha value is -3.58. The number of aryl methyl sites for hydroxylation is 1. The van der Waals surface area contributed by atoms with Gasteiger partial charge in [0.25, 0.3) is 0 Å². The molecule has 32 heavy (non-hydrogen) atoms. The van der Waals surface area contributed by atoms with E-state index in [0.29, 0.717) is 30.0 Å². The van der Waals surface area contributed by atoms with Crippen LogP contribution >= 0.6 is 0 Å². The molecule has 0 amide bonds. The minimum absolute atomic E-state index is 0.0936. The third-order valence-electron chi connectivity index (χ3n) is 4.94.